The van der Waals surface area contributed by atoms with Crippen molar-refractivity contribution >= 4 is 5.78 Å². The predicted molar refractivity (Wildman–Crippen MR) is 161 cm³/mol. The number of ketones is 1. The molecule has 0 aliphatic carbocycles. The van der Waals surface area contributed by atoms with Crippen LogP contribution in [0.25, 0.3) is 0 Å². The van der Waals surface area contributed by atoms with E-state index in [1.54, 1.807) is 6.92 Å². The van der Waals surface area contributed by atoms with E-state index in [9.17, 15) is 15.0 Å². The first-order valence-electron chi connectivity index (χ1n) is 16.5. The maximum atomic E-state index is 11.7. The highest BCUT2D eigenvalue weighted by Crippen LogP contribution is 2.16. The van der Waals surface area contributed by atoms with E-state index in [4.69, 9.17) is 0 Å². The molecule has 0 rings (SSSR count). The molecule has 0 fully saturated rings. The summed E-state index contributed by atoms with van der Waals surface area (Å²) in [4.78, 5) is 14.0. The highest BCUT2D eigenvalue weighted by Gasteiger charge is 2.17. The van der Waals surface area contributed by atoms with E-state index in [1.807, 2.05) is 0 Å². The van der Waals surface area contributed by atoms with Crippen LogP contribution in [0.1, 0.15) is 169 Å². The van der Waals surface area contributed by atoms with Gasteiger partial charge in [0.2, 0.25) is 0 Å². The number of carbonyl (C=O) groups is 1. The molecule has 222 valence electrons. The average Bonchev–Trinajstić information content (AvgIpc) is 2.86. The number of hydrogen-bond donors (Lipinski definition) is 2. The molecular formula is C33H67NO3. The van der Waals surface area contributed by atoms with Gasteiger partial charge in [-0.15, -0.1) is 0 Å². The fourth-order valence-corrected chi connectivity index (χ4v) is 5.48. The van der Waals surface area contributed by atoms with Gasteiger partial charge in [-0.05, 0) is 45.6 Å². The summed E-state index contributed by atoms with van der Waals surface area (Å²) in [7, 11) is 0. The van der Waals surface area contributed by atoms with Gasteiger partial charge in [0.05, 0.1) is 12.2 Å². The Balaban J connectivity index is 4.34. The maximum absolute atomic E-state index is 11.7. The number of nitrogens with zero attached hydrogens (tertiary/aromatic N) is 1. The Morgan fingerprint density at radius 3 is 1.32 bits per heavy atom. The number of Topliss-reactive ketones (excluding diaryl/α,β-unsaturated/α-hetero) is 1. The second kappa shape index (κ2) is 27.1. The number of aliphatic hydroxyl groups is 2. The molecule has 0 aliphatic heterocycles. The molecule has 0 radical (unpaired) electrons. The fourth-order valence-electron chi connectivity index (χ4n) is 5.48. The third kappa shape index (κ3) is 24.3. The van der Waals surface area contributed by atoms with Crippen molar-refractivity contribution in [2.24, 2.45) is 5.92 Å². The Hall–Kier alpha value is -0.450. The minimum atomic E-state index is -0.309. The van der Waals surface area contributed by atoms with Crippen molar-refractivity contribution in [1.29, 1.82) is 0 Å². The molecular weight excluding hydrogens is 458 g/mol. The summed E-state index contributed by atoms with van der Waals surface area (Å²) in [5.74, 6) is 0.495. The van der Waals surface area contributed by atoms with Crippen LogP contribution in [-0.2, 0) is 4.79 Å². The number of carbonyl (C=O) groups excluding carboxylic acids is 1. The zero-order valence-corrected chi connectivity index (χ0v) is 25.7. The SMILES string of the molecule is CCCCCCCCCCC(O)CN(CCCC[C@@H](CC)C(C)=O)CC(O)CCCCCCCCCC. The van der Waals surface area contributed by atoms with E-state index >= 15 is 0 Å². The molecule has 0 spiro atoms. The zero-order chi connectivity index (χ0) is 27.6. The Labute approximate surface area is 232 Å². The van der Waals surface area contributed by atoms with Gasteiger partial charge in [0.25, 0.3) is 0 Å². The predicted octanol–water partition coefficient (Wildman–Crippen LogP) is 8.86. The standard InChI is InChI=1S/C33H67NO3/c1-5-8-10-12-14-16-18-20-25-32(36)28-34(27-23-22-24-31(7-3)30(4)35)29-33(37)26-21-19-17-15-13-11-9-6-2/h31-33,36-37H,5-29H2,1-4H3/t31-,32?,33?/m1/s1. The molecule has 3 atom stereocenters. The Morgan fingerprint density at radius 2 is 0.946 bits per heavy atom. The second-order valence-electron chi connectivity index (χ2n) is 11.8. The van der Waals surface area contributed by atoms with Gasteiger partial charge in [-0.1, -0.05) is 130 Å². The lowest BCUT2D eigenvalue weighted by molar-refractivity contribution is -0.121. The monoisotopic (exact) mass is 526 g/mol. The number of unbranched alkanes of at least 4 members (excludes halogenated alkanes) is 15. The Kier molecular flexibility index (Phi) is 26.8. The first-order chi connectivity index (χ1) is 17.9. The number of hydrogen-bond acceptors (Lipinski definition) is 4. The summed E-state index contributed by atoms with van der Waals surface area (Å²) in [6.07, 6.45) is 25.6. The summed E-state index contributed by atoms with van der Waals surface area (Å²) in [5, 5.41) is 21.5. The van der Waals surface area contributed by atoms with E-state index < -0.39 is 0 Å². The molecule has 0 bridgehead atoms. The summed E-state index contributed by atoms with van der Waals surface area (Å²) < 4.78 is 0. The van der Waals surface area contributed by atoms with Gasteiger partial charge in [-0.2, -0.15) is 0 Å². The van der Waals surface area contributed by atoms with Crippen molar-refractivity contribution in [3.05, 3.63) is 0 Å². The molecule has 2 unspecified atom stereocenters. The number of aliphatic hydroxyl groups excluding tert-OH is 2. The maximum Gasteiger partial charge on any atom is 0.132 e. The van der Waals surface area contributed by atoms with Gasteiger partial charge >= 0.3 is 0 Å². The van der Waals surface area contributed by atoms with Crippen LogP contribution in [0.15, 0.2) is 0 Å². The normalized spacial score (nSPS) is 14.2. The van der Waals surface area contributed by atoms with Crippen molar-refractivity contribution in [3.63, 3.8) is 0 Å². The van der Waals surface area contributed by atoms with Gasteiger partial charge in [0.1, 0.15) is 5.78 Å². The molecule has 0 saturated heterocycles. The van der Waals surface area contributed by atoms with Crippen LogP contribution in [0.2, 0.25) is 0 Å². The summed E-state index contributed by atoms with van der Waals surface area (Å²) in [6, 6.07) is 0. The van der Waals surface area contributed by atoms with Crippen LogP contribution in [0.5, 0.6) is 0 Å². The fraction of sp³-hybridized carbons (Fsp3) is 0.970. The topological polar surface area (TPSA) is 60.8 Å². The third-order valence-corrected chi connectivity index (χ3v) is 8.06. The van der Waals surface area contributed by atoms with E-state index in [-0.39, 0.29) is 18.1 Å². The molecule has 0 heterocycles. The smallest absolute Gasteiger partial charge is 0.132 e. The molecule has 2 N–H and O–H groups in total. The van der Waals surface area contributed by atoms with Gasteiger partial charge < -0.3 is 10.2 Å². The van der Waals surface area contributed by atoms with Gasteiger partial charge in [0, 0.05) is 19.0 Å². The zero-order valence-electron chi connectivity index (χ0n) is 25.7. The molecule has 4 nitrogen and oxygen atoms in total. The van der Waals surface area contributed by atoms with Crippen LogP contribution in [0.4, 0.5) is 0 Å². The molecule has 37 heavy (non-hydrogen) atoms. The van der Waals surface area contributed by atoms with Crippen LogP contribution in [-0.4, -0.2) is 52.7 Å². The van der Waals surface area contributed by atoms with Crippen LogP contribution in [0, 0.1) is 5.92 Å². The second-order valence-corrected chi connectivity index (χ2v) is 11.8. The Bertz CT molecular complexity index is 456. The average molecular weight is 526 g/mol. The van der Waals surface area contributed by atoms with Crippen molar-refractivity contribution in [1.82, 2.24) is 4.90 Å². The summed E-state index contributed by atoms with van der Waals surface area (Å²) >= 11 is 0. The van der Waals surface area contributed by atoms with Gasteiger partial charge in [-0.3, -0.25) is 9.69 Å². The molecule has 4 heteroatoms. The molecule has 0 aromatic rings. The molecule has 0 aliphatic rings. The first-order valence-corrected chi connectivity index (χ1v) is 16.5. The van der Waals surface area contributed by atoms with Gasteiger partial charge in [0.15, 0.2) is 0 Å². The van der Waals surface area contributed by atoms with E-state index in [1.165, 1.54) is 89.9 Å². The Morgan fingerprint density at radius 1 is 0.568 bits per heavy atom. The molecule has 0 saturated carbocycles. The summed E-state index contributed by atoms with van der Waals surface area (Å²) in [5.41, 5.74) is 0. The third-order valence-electron chi connectivity index (χ3n) is 8.06. The van der Waals surface area contributed by atoms with E-state index in [0.717, 1.165) is 57.9 Å². The summed E-state index contributed by atoms with van der Waals surface area (Å²) in [6.45, 7) is 10.6. The molecule has 0 amide bonds. The molecule has 0 aromatic heterocycles. The quantitative estimate of drug-likeness (QED) is 0.0957. The van der Waals surface area contributed by atoms with Gasteiger partial charge in [-0.25, -0.2) is 0 Å². The lowest BCUT2D eigenvalue weighted by Gasteiger charge is -2.27. The van der Waals surface area contributed by atoms with Crippen molar-refractivity contribution < 1.29 is 15.0 Å². The van der Waals surface area contributed by atoms with Crippen LogP contribution >= 0.6 is 0 Å². The van der Waals surface area contributed by atoms with Crippen molar-refractivity contribution in [2.45, 2.75) is 181 Å². The van der Waals surface area contributed by atoms with Crippen molar-refractivity contribution in [3.8, 4) is 0 Å². The van der Waals surface area contributed by atoms with E-state index in [2.05, 4.69) is 25.7 Å². The van der Waals surface area contributed by atoms with E-state index in [0.29, 0.717) is 18.9 Å². The van der Waals surface area contributed by atoms with Crippen LogP contribution < -0.4 is 0 Å². The lowest BCUT2D eigenvalue weighted by Crippen LogP contribution is -2.38. The first kappa shape index (κ1) is 36.5. The highest BCUT2D eigenvalue weighted by atomic mass is 16.3. The largest absolute Gasteiger partial charge is 0.392 e. The lowest BCUT2D eigenvalue weighted by atomic mass is 9.95. The van der Waals surface area contributed by atoms with Crippen molar-refractivity contribution in [2.75, 3.05) is 19.6 Å². The highest BCUT2D eigenvalue weighted by molar-refractivity contribution is 5.78. The van der Waals surface area contributed by atoms with Crippen LogP contribution in [0.3, 0.4) is 0 Å². The molecule has 0 aromatic carbocycles. The minimum absolute atomic E-state index is 0.188. The minimum Gasteiger partial charge on any atom is -0.392 e. The number of rotatable bonds is 29.